The second kappa shape index (κ2) is 4.12. The van der Waals surface area contributed by atoms with Crippen LogP contribution in [-0.2, 0) is 14.3 Å². The minimum absolute atomic E-state index is 0.124. The Hall–Kier alpha value is -2.38. The predicted octanol–water partition coefficient (Wildman–Crippen LogP) is 0.221. The third kappa shape index (κ3) is 1.46. The number of hydrogen-bond acceptors (Lipinski definition) is 6. The molecule has 7 heteroatoms. The van der Waals surface area contributed by atoms with Gasteiger partial charge in [0.05, 0.1) is 30.2 Å². The summed E-state index contributed by atoms with van der Waals surface area (Å²) in [4.78, 5) is 26.8. The summed E-state index contributed by atoms with van der Waals surface area (Å²) in [5.74, 6) is -0.812. The summed E-state index contributed by atoms with van der Waals surface area (Å²) < 4.78 is 16.3. The molecule has 4 aliphatic heterocycles. The summed E-state index contributed by atoms with van der Waals surface area (Å²) in [6, 6.07) is 4.96. The minimum Gasteiger partial charge on any atom is -0.454 e. The van der Waals surface area contributed by atoms with E-state index in [-0.39, 0.29) is 25.2 Å². The number of ether oxygens (including phenoxy) is 3. The SMILES string of the molecule is O=C1C2C3C=CC(CO)(O3)C2C(=O)N1c1ccc2c(c1)OCO2. The van der Waals surface area contributed by atoms with Crippen LogP contribution in [0.15, 0.2) is 30.4 Å². The maximum atomic E-state index is 12.9. The maximum Gasteiger partial charge on any atom is 0.241 e. The zero-order valence-corrected chi connectivity index (χ0v) is 12.0. The predicted molar refractivity (Wildman–Crippen MR) is 75.9 cm³/mol. The molecular weight excluding hydrogens is 302 g/mol. The van der Waals surface area contributed by atoms with Crippen LogP contribution in [0.5, 0.6) is 11.5 Å². The molecule has 23 heavy (non-hydrogen) atoms. The highest BCUT2D eigenvalue weighted by Gasteiger charge is 2.67. The van der Waals surface area contributed by atoms with Gasteiger partial charge < -0.3 is 19.3 Å². The van der Waals surface area contributed by atoms with Gasteiger partial charge in [0, 0.05) is 6.07 Å². The average Bonchev–Trinajstić information content (AvgIpc) is 3.29. The van der Waals surface area contributed by atoms with Crippen molar-refractivity contribution in [1.29, 1.82) is 0 Å². The summed E-state index contributed by atoms with van der Waals surface area (Å²) in [7, 11) is 0. The lowest BCUT2D eigenvalue weighted by molar-refractivity contribution is -0.128. The average molecular weight is 315 g/mol. The molecule has 0 aromatic heterocycles. The highest BCUT2D eigenvalue weighted by atomic mass is 16.7. The number of imide groups is 1. The van der Waals surface area contributed by atoms with Gasteiger partial charge in [-0.1, -0.05) is 12.2 Å². The molecule has 1 aromatic carbocycles. The van der Waals surface area contributed by atoms with Gasteiger partial charge in [0.2, 0.25) is 18.6 Å². The zero-order chi connectivity index (χ0) is 15.8. The molecule has 4 unspecified atom stereocenters. The molecule has 5 rings (SSSR count). The third-order valence-corrected chi connectivity index (χ3v) is 5.02. The van der Waals surface area contributed by atoms with Crippen LogP contribution in [-0.4, -0.2) is 42.0 Å². The van der Waals surface area contributed by atoms with Gasteiger partial charge in [0.15, 0.2) is 11.5 Å². The summed E-state index contributed by atoms with van der Waals surface area (Å²) in [5.41, 5.74) is -0.626. The van der Waals surface area contributed by atoms with Crippen LogP contribution in [0.4, 0.5) is 5.69 Å². The number of benzene rings is 1. The highest BCUT2D eigenvalue weighted by Crippen LogP contribution is 2.52. The van der Waals surface area contributed by atoms with E-state index in [1.807, 2.05) is 0 Å². The van der Waals surface area contributed by atoms with Crippen molar-refractivity contribution in [1.82, 2.24) is 0 Å². The summed E-state index contributed by atoms with van der Waals surface area (Å²) in [6.07, 6.45) is 3.00. The molecule has 2 bridgehead atoms. The molecule has 0 radical (unpaired) electrons. The lowest BCUT2D eigenvalue weighted by Crippen LogP contribution is -2.43. The van der Waals surface area contributed by atoms with Crippen LogP contribution in [0.1, 0.15) is 0 Å². The Bertz CT molecular complexity index is 774. The van der Waals surface area contributed by atoms with E-state index in [1.54, 1.807) is 30.4 Å². The standard InChI is InChI=1S/C16H13NO6/c18-6-16-4-3-10(23-16)12-13(16)15(20)17(14(12)19)8-1-2-9-11(5-8)22-7-21-9/h1-5,10,12-13,18H,6-7H2. The fraction of sp³-hybridized carbons (Fsp3) is 0.375. The lowest BCUT2D eigenvalue weighted by atomic mass is 9.77. The number of carbonyl (C=O) groups is 2. The number of nitrogens with zero attached hydrogens (tertiary/aromatic N) is 1. The van der Waals surface area contributed by atoms with E-state index in [1.165, 1.54) is 4.90 Å². The Morgan fingerprint density at radius 1 is 1.22 bits per heavy atom. The van der Waals surface area contributed by atoms with Crippen LogP contribution in [0.2, 0.25) is 0 Å². The summed E-state index contributed by atoms with van der Waals surface area (Å²) in [5, 5.41) is 9.68. The zero-order valence-electron chi connectivity index (χ0n) is 12.0. The summed E-state index contributed by atoms with van der Waals surface area (Å²) in [6.45, 7) is -0.200. The van der Waals surface area contributed by atoms with Crippen molar-refractivity contribution in [3.8, 4) is 11.5 Å². The molecule has 118 valence electrons. The van der Waals surface area contributed by atoms with E-state index in [0.29, 0.717) is 17.2 Å². The maximum absolute atomic E-state index is 12.9. The number of amides is 2. The lowest BCUT2D eigenvalue weighted by Gasteiger charge is -2.26. The first kappa shape index (κ1) is 13.1. The number of rotatable bonds is 2. The second-order valence-corrected chi connectivity index (χ2v) is 6.11. The molecule has 0 aliphatic carbocycles. The van der Waals surface area contributed by atoms with Gasteiger partial charge in [-0.15, -0.1) is 0 Å². The van der Waals surface area contributed by atoms with Gasteiger partial charge >= 0.3 is 0 Å². The van der Waals surface area contributed by atoms with Crippen molar-refractivity contribution in [3.63, 3.8) is 0 Å². The Morgan fingerprint density at radius 2 is 2.04 bits per heavy atom. The first-order valence-electron chi connectivity index (χ1n) is 7.40. The van der Waals surface area contributed by atoms with Crippen LogP contribution < -0.4 is 14.4 Å². The highest BCUT2D eigenvalue weighted by molar-refractivity contribution is 6.23. The number of aliphatic hydroxyl groups excluding tert-OH is 1. The van der Waals surface area contributed by atoms with E-state index < -0.39 is 23.5 Å². The third-order valence-electron chi connectivity index (χ3n) is 5.02. The quantitative estimate of drug-likeness (QED) is 0.621. The fourth-order valence-electron chi connectivity index (χ4n) is 3.96. The molecule has 0 spiro atoms. The van der Waals surface area contributed by atoms with Crippen molar-refractivity contribution in [2.24, 2.45) is 11.8 Å². The number of hydrogen-bond donors (Lipinski definition) is 1. The van der Waals surface area contributed by atoms with E-state index in [4.69, 9.17) is 14.2 Å². The Balaban J connectivity index is 1.57. The monoisotopic (exact) mass is 315 g/mol. The number of fused-ring (bicyclic) bond motifs is 6. The van der Waals surface area contributed by atoms with Crippen molar-refractivity contribution in [2.75, 3.05) is 18.3 Å². The minimum atomic E-state index is -1.08. The van der Waals surface area contributed by atoms with Gasteiger partial charge in [0.1, 0.15) is 5.60 Å². The number of aliphatic hydroxyl groups is 1. The largest absolute Gasteiger partial charge is 0.454 e. The van der Waals surface area contributed by atoms with E-state index in [9.17, 15) is 14.7 Å². The van der Waals surface area contributed by atoms with Crippen molar-refractivity contribution in [3.05, 3.63) is 30.4 Å². The molecule has 1 aromatic rings. The Kier molecular flexibility index (Phi) is 2.35. The topological polar surface area (TPSA) is 85.3 Å². The molecular formula is C16H13NO6. The van der Waals surface area contributed by atoms with E-state index in [2.05, 4.69) is 0 Å². The number of anilines is 1. The van der Waals surface area contributed by atoms with Gasteiger partial charge in [-0.2, -0.15) is 0 Å². The normalized spacial score (nSPS) is 36.2. The molecule has 2 amide bonds. The van der Waals surface area contributed by atoms with Crippen LogP contribution in [0.25, 0.3) is 0 Å². The van der Waals surface area contributed by atoms with E-state index in [0.717, 1.165) is 0 Å². The molecule has 1 N–H and O–H groups in total. The second-order valence-electron chi connectivity index (χ2n) is 6.11. The van der Waals surface area contributed by atoms with Crippen LogP contribution >= 0.6 is 0 Å². The molecule has 7 nitrogen and oxygen atoms in total. The smallest absolute Gasteiger partial charge is 0.241 e. The summed E-state index contributed by atoms with van der Waals surface area (Å²) >= 11 is 0. The Labute approximate surface area is 131 Å². The molecule has 2 saturated heterocycles. The van der Waals surface area contributed by atoms with E-state index >= 15 is 0 Å². The first-order valence-corrected chi connectivity index (χ1v) is 7.40. The molecule has 4 aliphatic rings. The van der Waals surface area contributed by atoms with Gasteiger partial charge in [-0.3, -0.25) is 9.59 Å². The van der Waals surface area contributed by atoms with Crippen LogP contribution in [0.3, 0.4) is 0 Å². The number of carbonyl (C=O) groups excluding carboxylic acids is 2. The van der Waals surface area contributed by atoms with Gasteiger partial charge in [0.25, 0.3) is 0 Å². The fourth-order valence-corrected chi connectivity index (χ4v) is 3.96. The first-order chi connectivity index (χ1) is 11.1. The molecule has 0 saturated carbocycles. The van der Waals surface area contributed by atoms with Crippen molar-refractivity contribution in [2.45, 2.75) is 11.7 Å². The molecule has 4 atom stereocenters. The Morgan fingerprint density at radius 3 is 2.87 bits per heavy atom. The van der Waals surface area contributed by atoms with Crippen LogP contribution in [0, 0.1) is 11.8 Å². The van der Waals surface area contributed by atoms with Crippen molar-refractivity contribution < 1.29 is 28.9 Å². The van der Waals surface area contributed by atoms with Gasteiger partial charge in [-0.25, -0.2) is 4.90 Å². The van der Waals surface area contributed by atoms with Crippen molar-refractivity contribution >= 4 is 17.5 Å². The molecule has 4 heterocycles. The molecule has 2 fully saturated rings. The van der Waals surface area contributed by atoms with Gasteiger partial charge in [-0.05, 0) is 12.1 Å².